The van der Waals surface area contributed by atoms with Gasteiger partial charge in [-0.3, -0.25) is 14.9 Å². The van der Waals surface area contributed by atoms with Gasteiger partial charge in [0.15, 0.2) is 11.5 Å². The molecule has 4 amide bonds. The molecule has 0 aromatic heterocycles. The molecule has 0 atom stereocenters. The summed E-state index contributed by atoms with van der Waals surface area (Å²) in [4.78, 5) is 38.9. The summed E-state index contributed by atoms with van der Waals surface area (Å²) >= 11 is 12.4. The summed E-state index contributed by atoms with van der Waals surface area (Å²) in [5, 5.41) is 2.78. The molecule has 9 heteroatoms. The van der Waals surface area contributed by atoms with Crippen LogP contribution >= 0.6 is 23.2 Å². The molecule has 31 heavy (non-hydrogen) atoms. The number of methoxy groups -OCH3 is 1. The van der Waals surface area contributed by atoms with E-state index in [9.17, 15) is 14.4 Å². The molecule has 1 N–H and O–H groups in total. The van der Waals surface area contributed by atoms with E-state index < -0.39 is 17.8 Å². The zero-order valence-electron chi connectivity index (χ0n) is 17.3. The molecule has 2 aromatic rings. The van der Waals surface area contributed by atoms with Crippen molar-refractivity contribution in [1.29, 1.82) is 0 Å². The van der Waals surface area contributed by atoms with E-state index in [-0.39, 0.29) is 22.4 Å². The highest BCUT2D eigenvalue weighted by molar-refractivity contribution is 6.40. The van der Waals surface area contributed by atoms with Crippen LogP contribution in [0.15, 0.2) is 35.9 Å². The molecule has 1 aliphatic heterocycles. The van der Waals surface area contributed by atoms with Gasteiger partial charge in [-0.25, -0.2) is 9.69 Å². The molecule has 1 saturated heterocycles. The number of ether oxygens (including phenoxy) is 2. The Morgan fingerprint density at radius 3 is 2.45 bits per heavy atom. The summed E-state index contributed by atoms with van der Waals surface area (Å²) in [6.07, 6.45) is 1.20. The van der Waals surface area contributed by atoms with Gasteiger partial charge >= 0.3 is 6.03 Å². The van der Waals surface area contributed by atoms with Crippen molar-refractivity contribution in [2.24, 2.45) is 0 Å². The first-order valence-electron chi connectivity index (χ1n) is 9.34. The molecule has 0 bridgehead atoms. The third-order valence-corrected chi connectivity index (χ3v) is 4.95. The highest BCUT2D eigenvalue weighted by Gasteiger charge is 2.37. The zero-order valence-corrected chi connectivity index (χ0v) is 18.8. The fraction of sp³-hybridized carbons (Fsp3) is 0.227. The van der Waals surface area contributed by atoms with Crippen LogP contribution in [-0.4, -0.2) is 31.1 Å². The Morgan fingerprint density at radius 2 is 1.81 bits per heavy atom. The molecule has 0 spiro atoms. The molecule has 162 valence electrons. The summed E-state index contributed by atoms with van der Waals surface area (Å²) in [5.41, 5.74) is 1.11. The predicted octanol–water partition coefficient (Wildman–Crippen LogP) is 4.76. The second-order valence-corrected chi connectivity index (χ2v) is 7.93. The minimum absolute atomic E-state index is 0.137. The first-order chi connectivity index (χ1) is 14.6. The van der Waals surface area contributed by atoms with E-state index in [1.807, 2.05) is 13.8 Å². The quantitative estimate of drug-likeness (QED) is 0.511. The first-order valence-corrected chi connectivity index (χ1v) is 10.1. The third-order valence-electron chi connectivity index (χ3n) is 4.43. The highest BCUT2D eigenvalue weighted by Crippen LogP contribution is 2.38. The maximum Gasteiger partial charge on any atom is 0.335 e. The van der Waals surface area contributed by atoms with E-state index >= 15 is 0 Å². The number of anilines is 1. The first kappa shape index (κ1) is 22.7. The van der Waals surface area contributed by atoms with Crippen LogP contribution in [0.5, 0.6) is 11.5 Å². The van der Waals surface area contributed by atoms with Gasteiger partial charge in [-0.05, 0) is 62.2 Å². The summed E-state index contributed by atoms with van der Waals surface area (Å²) in [5.74, 6) is -0.900. The summed E-state index contributed by atoms with van der Waals surface area (Å²) in [6, 6.07) is 7.08. The molecule has 7 nitrogen and oxygen atoms in total. The Kier molecular flexibility index (Phi) is 6.57. The molecular weight excluding hydrogens is 443 g/mol. The van der Waals surface area contributed by atoms with Gasteiger partial charge in [0.1, 0.15) is 5.57 Å². The molecule has 2 aromatic carbocycles. The number of urea groups is 1. The van der Waals surface area contributed by atoms with Gasteiger partial charge in [0, 0.05) is 5.02 Å². The van der Waals surface area contributed by atoms with E-state index in [1.165, 1.54) is 19.3 Å². The number of hydrogen-bond acceptors (Lipinski definition) is 5. The number of amides is 4. The largest absolute Gasteiger partial charge is 0.493 e. The molecule has 3 rings (SSSR count). The van der Waals surface area contributed by atoms with Crippen LogP contribution in [0.2, 0.25) is 10.0 Å². The smallest absolute Gasteiger partial charge is 0.335 e. The predicted molar refractivity (Wildman–Crippen MR) is 119 cm³/mol. The number of barbiturate groups is 1. The Labute approximate surface area is 189 Å². The van der Waals surface area contributed by atoms with Crippen LogP contribution in [0, 0.1) is 6.92 Å². The van der Waals surface area contributed by atoms with E-state index in [1.54, 1.807) is 31.2 Å². The minimum Gasteiger partial charge on any atom is -0.493 e. The lowest BCUT2D eigenvalue weighted by Gasteiger charge is -2.27. The van der Waals surface area contributed by atoms with E-state index in [4.69, 9.17) is 32.7 Å². The lowest BCUT2D eigenvalue weighted by molar-refractivity contribution is -0.122. The number of nitrogens with one attached hydrogen (secondary N) is 1. The van der Waals surface area contributed by atoms with Gasteiger partial charge in [-0.1, -0.05) is 29.3 Å². The number of benzene rings is 2. The van der Waals surface area contributed by atoms with Crippen molar-refractivity contribution >= 4 is 52.8 Å². The number of carbonyl (C=O) groups excluding carboxylic acids is 3. The normalized spacial score (nSPS) is 15.5. The zero-order chi connectivity index (χ0) is 22.9. The number of nitrogens with zero attached hydrogens (tertiary/aromatic N) is 1. The van der Waals surface area contributed by atoms with Crippen molar-refractivity contribution in [3.05, 3.63) is 57.1 Å². The van der Waals surface area contributed by atoms with Gasteiger partial charge in [-0.15, -0.1) is 0 Å². The number of halogens is 2. The van der Waals surface area contributed by atoms with Crippen molar-refractivity contribution in [1.82, 2.24) is 5.32 Å². The van der Waals surface area contributed by atoms with Gasteiger partial charge < -0.3 is 9.47 Å². The van der Waals surface area contributed by atoms with E-state index in [0.29, 0.717) is 27.6 Å². The molecule has 0 radical (unpaired) electrons. The van der Waals surface area contributed by atoms with Crippen LogP contribution in [-0.2, 0) is 9.59 Å². The number of hydrogen-bond donors (Lipinski definition) is 1. The fourth-order valence-corrected chi connectivity index (χ4v) is 3.47. The number of aryl methyl sites for hydroxylation is 1. The topological polar surface area (TPSA) is 84.9 Å². The lowest BCUT2D eigenvalue weighted by Crippen LogP contribution is -2.54. The van der Waals surface area contributed by atoms with E-state index in [2.05, 4.69) is 5.32 Å². The average Bonchev–Trinajstić information content (AvgIpc) is 2.69. The highest BCUT2D eigenvalue weighted by atomic mass is 35.5. The van der Waals surface area contributed by atoms with Crippen molar-refractivity contribution in [3.63, 3.8) is 0 Å². The van der Waals surface area contributed by atoms with Crippen molar-refractivity contribution in [3.8, 4) is 11.5 Å². The summed E-state index contributed by atoms with van der Waals surface area (Å²) in [6.45, 7) is 5.42. The Bertz CT molecular complexity index is 1110. The molecule has 1 fully saturated rings. The average molecular weight is 463 g/mol. The Morgan fingerprint density at radius 1 is 1.10 bits per heavy atom. The lowest BCUT2D eigenvalue weighted by atomic mass is 10.1. The SMILES string of the molecule is COc1cc(/C=C2\C(=O)NC(=O)N(c3cc(Cl)ccc3C)C2=O)cc(Cl)c1OC(C)C. The molecule has 0 aliphatic carbocycles. The van der Waals surface area contributed by atoms with Crippen LogP contribution in [0.3, 0.4) is 0 Å². The summed E-state index contributed by atoms with van der Waals surface area (Å²) in [7, 11) is 1.45. The van der Waals surface area contributed by atoms with Crippen LogP contribution in [0.4, 0.5) is 10.5 Å². The van der Waals surface area contributed by atoms with Crippen LogP contribution in [0.1, 0.15) is 25.0 Å². The standard InChI is InChI=1S/C22H20Cl2N2O5/c1-11(2)31-19-16(24)8-13(9-18(19)30-4)7-15-20(27)25-22(29)26(21(15)28)17-10-14(23)6-5-12(17)3/h5-11H,1-4H3,(H,25,27,29)/b15-7+. The molecule has 1 heterocycles. The second-order valence-electron chi connectivity index (χ2n) is 7.09. The Balaban J connectivity index is 2.06. The number of imide groups is 2. The van der Waals surface area contributed by atoms with Gasteiger partial charge in [0.2, 0.25) is 0 Å². The minimum atomic E-state index is -0.853. The van der Waals surface area contributed by atoms with Crippen molar-refractivity contribution < 1.29 is 23.9 Å². The van der Waals surface area contributed by atoms with E-state index in [0.717, 1.165) is 4.90 Å². The van der Waals surface area contributed by atoms with Gasteiger partial charge in [0.25, 0.3) is 11.8 Å². The molecular formula is C22H20Cl2N2O5. The summed E-state index contributed by atoms with van der Waals surface area (Å²) < 4.78 is 11.0. The second kappa shape index (κ2) is 8.99. The third kappa shape index (κ3) is 4.68. The van der Waals surface area contributed by atoms with Gasteiger partial charge in [-0.2, -0.15) is 0 Å². The van der Waals surface area contributed by atoms with Crippen molar-refractivity contribution in [2.45, 2.75) is 26.9 Å². The molecule has 1 aliphatic rings. The van der Waals surface area contributed by atoms with Gasteiger partial charge in [0.05, 0.1) is 23.9 Å². The maximum atomic E-state index is 13.1. The number of rotatable bonds is 5. The molecule has 0 unspecified atom stereocenters. The van der Waals surface area contributed by atoms with Crippen LogP contribution < -0.4 is 19.7 Å². The maximum absolute atomic E-state index is 13.1. The Hall–Kier alpha value is -3.03. The molecule has 0 saturated carbocycles. The monoisotopic (exact) mass is 462 g/mol. The number of carbonyl (C=O) groups is 3. The van der Waals surface area contributed by atoms with Crippen molar-refractivity contribution in [2.75, 3.05) is 12.0 Å². The fourth-order valence-electron chi connectivity index (χ4n) is 3.04. The van der Waals surface area contributed by atoms with Crippen LogP contribution in [0.25, 0.3) is 6.08 Å².